The summed E-state index contributed by atoms with van der Waals surface area (Å²) in [4.78, 5) is 48.5. The summed E-state index contributed by atoms with van der Waals surface area (Å²) < 4.78 is 6.14. The number of rotatable bonds is 8. The number of hydrogen-bond donors (Lipinski definition) is 1. The second-order valence-electron chi connectivity index (χ2n) is 7.37. The Morgan fingerprint density at radius 3 is 2.56 bits per heavy atom. The molecule has 1 unspecified atom stereocenters. The van der Waals surface area contributed by atoms with Crippen LogP contribution in [0, 0.1) is 10.1 Å². The van der Waals surface area contributed by atoms with Crippen LogP contribution < -0.4 is 10.9 Å². The Labute approximate surface area is 183 Å². The summed E-state index contributed by atoms with van der Waals surface area (Å²) in [6.07, 6.45) is 0.781. The van der Waals surface area contributed by atoms with Crippen molar-refractivity contribution in [2.75, 3.05) is 0 Å². The molecule has 0 radical (unpaired) electrons. The number of nitrogens with zero attached hydrogens (tertiary/aromatic N) is 3. The van der Waals surface area contributed by atoms with Crippen LogP contribution in [0.3, 0.4) is 0 Å². The highest BCUT2D eigenvalue weighted by Gasteiger charge is 2.27. The maximum Gasteiger partial charge on any atom is 0.308 e. The highest BCUT2D eigenvalue weighted by atomic mass is 16.6. The number of carbonyl (C=O) groups excluding carboxylic acids is 2. The monoisotopic (exact) mass is 438 g/mol. The fourth-order valence-corrected chi connectivity index (χ4v) is 3.28. The molecule has 166 valence electrons. The van der Waals surface area contributed by atoms with E-state index in [-0.39, 0.29) is 23.8 Å². The lowest BCUT2D eigenvalue weighted by Crippen LogP contribution is -2.37. The van der Waals surface area contributed by atoms with Gasteiger partial charge < -0.3 is 10.1 Å². The SMILES string of the molecule is CC(C)OC(=O)CC(NC(=O)Cn1ncc2ccccc2c1=O)c1ccccc1[N+](=O)[O-]. The average Bonchev–Trinajstić information content (AvgIpc) is 2.75. The smallest absolute Gasteiger partial charge is 0.308 e. The number of hydrogen-bond acceptors (Lipinski definition) is 7. The highest BCUT2D eigenvalue weighted by molar-refractivity contribution is 5.81. The van der Waals surface area contributed by atoms with Crippen molar-refractivity contribution in [2.45, 2.75) is 39.0 Å². The fraction of sp³-hybridized carbons (Fsp3) is 0.273. The van der Waals surface area contributed by atoms with E-state index in [1.165, 1.54) is 24.4 Å². The number of fused-ring (bicyclic) bond motifs is 1. The summed E-state index contributed by atoms with van der Waals surface area (Å²) >= 11 is 0. The zero-order chi connectivity index (χ0) is 23.3. The summed E-state index contributed by atoms with van der Waals surface area (Å²) in [7, 11) is 0. The van der Waals surface area contributed by atoms with Gasteiger partial charge in [0, 0.05) is 11.5 Å². The van der Waals surface area contributed by atoms with Crippen molar-refractivity contribution >= 4 is 28.3 Å². The number of nitrogens with one attached hydrogen (secondary N) is 1. The first-order chi connectivity index (χ1) is 15.3. The second-order valence-corrected chi connectivity index (χ2v) is 7.37. The Morgan fingerprint density at radius 2 is 1.84 bits per heavy atom. The van der Waals surface area contributed by atoms with Gasteiger partial charge in [-0.3, -0.25) is 24.5 Å². The third-order valence-electron chi connectivity index (χ3n) is 4.64. The van der Waals surface area contributed by atoms with E-state index in [2.05, 4.69) is 10.4 Å². The predicted molar refractivity (Wildman–Crippen MR) is 116 cm³/mol. The van der Waals surface area contributed by atoms with E-state index in [1.807, 2.05) is 0 Å². The van der Waals surface area contributed by atoms with E-state index in [0.29, 0.717) is 10.8 Å². The number of para-hydroxylation sites is 1. The lowest BCUT2D eigenvalue weighted by molar-refractivity contribution is -0.385. The summed E-state index contributed by atoms with van der Waals surface area (Å²) in [5.74, 6) is -1.25. The first kappa shape index (κ1) is 22.6. The van der Waals surface area contributed by atoms with Gasteiger partial charge in [0.1, 0.15) is 6.54 Å². The summed E-state index contributed by atoms with van der Waals surface area (Å²) in [5, 5.41) is 19.1. The molecule has 2 aromatic carbocycles. The van der Waals surface area contributed by atoms with Gasteiger partial charge in [-0.05, 0) is 19.9 Å². The Hall–Kier alpha value is -4.08. The Kier molecular flexibility index (Phi) is 6.93. The van der Waals surface area contributed by atoms with Gasteiger partial charge in [-0.15, -0.1) is 0 Å². The van der Waals surface area contributed by atoms with Crippen LogP contribution in [0.2, 0.25) is 0 Å². The molecule has 0 aliphatic carbocycles. The largest absolute Gasteiger partial charge is 0.463 e. The van der Waals surface area contributed by atoms with Crippen LogP contribution in [0.1, 0.15) is 31.9 Å². The van der Waals surface area contributed by atoms with Crippen molar-refractivity contribution in [3.05, 3.63) is 80.8 Å². The van der Waals surface area contributed by atoms with Crippen LogP contribution in [-0.4, -0.2) is 32.7 Å². The van der Waals surface area contributed by atoms with Gasteiger partial charge in [0.15, 0.2) is 0 Å². The molecule has 1 amide bonds. The van der Waals surface area contributed by atoms with Crippen molar-refractivity contribution in [3.63, 3.8) is 0 Å². The van der Waals surface area contributed by atoms with Gasteiger partial charge >= 0.3 is 5.97 Å². The van der Waals surface area contributed by atoms with E-state index < -0.39 is 34.9 Å². The van der Waals surface area contributed by atoms with Gasteiger partial charge in [0.25, 0.3) is 11.2 Å². The van der Waals surface area contributed by atoms with Crippen LogP contribution >= 0.6 is 0 Å². The molecule has 0 fully saturated rings. The van der Waals surface area contributed by atoms with E-state index in [1.54, 1.807) is 44.2 Å². The molecular formula is C22H22N4O6. The van der Waals surface area contributed by atoms with E-state index in [0.717, 1.165) is 4.68 Å². The zero-order valence-electron chi connectivity index (χ0n) is 17.6. The molecule has 3 rings (SSSR count). The molecule has 1 aromatic heterocycles. The molecule has 1 heterocycles. The first-order valence-corrected chi connectivity index (χ1v) is 9.93. The third-order valence-corrected chi connectivity index (χ3v) is 4.64. The molecule has 10 nitrogen and oxygen atoms in total. The topological polar surface area (TPSA) is 133 Å². The van der Waals surface area contributed by atoms with E-state index >= 15 is 0 Å². The number of carbonyl (C=O) groups is 2. The van der Waals surface area contributed by atoms with Crippen molar-refractivity contribution in [1.29, 1.82) is 0 Å². The minimum Gasteiger partial charge on any atom is -0.463 e. The van der Waals surface area contributed by atoms with E-state index in [4.69, 9.17) is 4.74 Å². The number of benzene rings is 2. The van der Waals surface area contributed by atoms with Gasteiger partial charge in [0.2, 0.25) is 5.91 Å². The van der Waals surface area contributed by atoms with Gasteiger partial charge in [-0.25, -0.2) is 4.68 Å². The van der Waals surface area contributed by atoms with Gasteiger partial charge in [-0.1, -0.05) is 36.4 Å². The second kappa shape index (κ2) is 9.82. The van der Waals surface area contributed by atoms with Crippen LogP contribution in [0.4, 0.5) is 5.69 Å². The number of esters is 1. The molecule has 0 saturated carbocycles. The predicted octanol–water partition coefficient (Wildman–Crippen LogP) is 2.50. The standard InChI is InChI=1S/C22H22N4O6/c1-14(2)32-21(28)11-18(17-9-5-6-10-19(17)26(30)31)24-20(27)13-25-22(29)16-8-4-3-7-15(16)12-23-25/h3-10,12,14,18H,11,13H2,1-2H3,(H,24,27). The normalized spacial score (nSPS) is 11.8. The fourth-order valence-electron chi connectivity index (χ4n) is 3.28. The highest BCUT2D eigenvalue weighted by Crippen LogP contribution is 2.27. The number of amides is 1. The Morgan fingerprint density at radius 1 is 1.16 bits per heavy atom. The van der Waals surface area contributed by atoms with Gasteiger partial charge in [0.05, 0.1) is 40.6 Å². The van der Waals surface area contributed by atoms with Gasteiger partial charge in [-0.2, -0.15) is 5.10 Å². The molecular weight excluding hydrogens is 416 g/mol. The minimum atomic E-state index is -1.02. The maximum atomic E-state index is 12.7. The molecule has 32 heavy (non-hydrogen) atoms. The van der Waals surface area contributed by atoms with Crippen molar-refractivity contribution in [1.82, 2.24) is 15.1 Å². The van der Waals surface area contributed by atoms with Crippen molar-refractivity contribution in [3.8, 4) is 0 Å². The minimum absolute atomic E-state index is 0.158. The van der Waals surface area contributed by atoms with E-state index in [9.17, 15) is 24.5 Å². The molecule has 10 heteroatoms. The lowest BCUT2D eigenvalue weighted by atomic mass is 10.0. The summed E-state index contributed by atoms with van der Waals surface area (Å²) in [6, 6.07) is 11.6. The molecule has 0 bridgehead atoms. The Balaban J connectivity index is 1.87. The molecule has 0 saturated heterocycles. The Bertz CT molecular complexity index is 1220. The first-order valence-electron chi connectivity index (χ1n) is 9.93. The number of aromatic nitrogens is 2. The molecule has 3 aromatic rings. The van der Waals surface area contributed by atoms with Crippen molar-refractivity contribution in [2.24, 2.45) is 0 Å². The van der Waals surface area contributed by atoms with Crippen LogP contribution in [0.15, 0.2) is 59.5 Å². The molecule has 0 aliphatic rings. The third kappa shape index (κ3) is 5.34. The summed E-state index contributed by atoms with van der Waals surface area (Å²) in [5.41, 5.74) is -0.527. The summed E-state index contributed by atoms with van der Waals surface area (Å²) in [6.45, 7) is 2.93. The molecule has 0 spiro atoms. The number of nitro groups is 1. The number of nitro benzene ring substituents is 1. The van der Waals surface area contributed by atoms with Crippen LogP contribution in [0.5, 0.6) is 0 Å². The zero-order valence-corrected chi connectivity index (χ0v) is 17.6. The average molecular weight is 438 g/mol. The quantitative estimate of drug-likeness (QED) is 0.324. The van der Waals surface area contributed by atoms with Crippen molar-refractivity contribution < 1.29 is 19.2 Å². The molecule has 0 aliphatic heterocycles. The molecule has 1 N–H and O–H groups in total. The van der Waals surface area contributed by atoms with Crippen LogP contribution in [0.25, 0.3) is 10.8 Å². The number of ether oxygens (including phenoxy) is 1. The molecule has 1 atom stereocenters. The maximum absolute atomic E-state index is 12.7. The lowest BCUT2D eigenvalue weighted by Gasteiger charge is -2.19. The van der Waals surface area contributed by atoms with Crippen LogP contribution in [-0.2, 0) is 20.9 Å².